The molecule has 2 N–H and O–H groups in total. The summed E-state index contributed by atoms with van der Waals surface area (Å²) in [5.41, 5.74) is 0.780. The molecule has 7 heteroatoms. The zero-order valence-corrected chi connectivity index (χ0v) is 12.1. The van der Waals surface area contributed by atoms with Crippen LogP contribution >= 0.6 is 11.6 Å². The average Bonchev–Trinajstić information content (AvgIpc) is 2.31. The van der Waals surface area contributed by atoms with Crippen molar-refractivity contribution in [3.8, 4) is 0 Å². The van der Waals surface area contributed by atoms with Crippen LogP contribution in [0.1, 0.15) is 28.8 Å². The lowest BCUT2D eigenvalue weighted by molar-refractivity contribution is 0.0696. The van der Waals surface area contributed by atoms with Gasteiger partial charge in [0.15, 0.2) is 0 Å². The molecule has 0 saturated carbocycles. The maximum atomic E-state index is 11.8. The second kappa shape index (κ2) is 6.77. The molecule has 0 bridgehead atoms. The van der Waals surface area contributed by atoms with Crippen LogP contribution in [-0.4, -0.2) is 31.1 Å². The van der Waals surface area contributed by atoms with Crippen molar-refractivity contribution in [3.05, 3.63) is 29.3 Å². The van der Waals surface area contributed by atoms with Gasteiger partial charge in [0.25, 0.3) is 0 Å². The number of unbranched alkanes of at least 4 members (excludes halogenated alkanes) is 1. The molecule has 0 atom stereocenters. The quantitative estimate of drug-likeness (QED) is 0.598. The Labute approximate surface area is 117 Å². The minimum atomic E-state index is -3.47. The lowest BCUT2D eigenvalue weighted by Crippen LogP contribution is -2.18. The molecule has 0 aliphatic rings. The molecule has 0 aliphatic heterocycles. The SMILES string of the molecule is Cc1c(NS(=O)(=O)CCCCCl)cccc1C(=O)O. The molecule has 0 amide bonds. The maximum Gasteiger partial charge on any atom is 0.336 e. The van der Waals surface area contributed by atoms with Crippen LogP contribution in [0.15, 0.2) is 18.2 Å². The summed E-state index contributed by atoms with van der Waals surface area (Å²) in [4.78, 5) is 11.0. The van der Waals surface area contributed by atoms with Crippen LogP contribution < -0.4 is 4.72 Å². The summed E-state index contributed by atoms with van der Waals surface area (Å²) < 4.78 is 26.0. The number of carboxylic acids is 1. The number of benzene rings is 1. The summed E-state index contributed by atoms with van der Waals surface area (Å²) in [6.45, 7) is 1.57. The van der Waals surface area contributed by atoms with Gasteiger partial charge in [-0.2, -0.15) is 0 Å². The van der Waals surface area contributed by atoms with E-state index in [0.717, 1.165) is 0 Å². The molecule has 0 saturated heterocycles. The molecule has 1 aromatic rings. The predicted octanol–water partition coefficient (Wildman–Crippen LogP) is 2.45. The third-order valence-electron chi connectivity index (χ3n) is 2.63. The van der Waals surface area contributed by atoms with Crippen molar-refractivity contribution in [3.63, 3.8) is 0 Å². The number of sulfonamides is 1. The average molecular weight is 306 g/mol. The van der Waals surface area contributed by atoms with Crippen molar-refractivity contribution < 1.29 is 18.3 Å². The van der Waals surface area contributed by atoms with E-state index in [1.165, 1.54) is 12.1 Å². The Hall–Kier alpha value is -1.27. The van der Waals surface area contributed by atoms with E-state index in [1.54, 1.807) is 13.0 Å². The Balaban J connectivity index is 2.88. The first-order chi connectivity index (χ1) is 8.87. The second-order valence-electron chi connectivity index (χ2n) is 4.10. The van der Waals surface area contributed by atoms with Crippen molar-refractivity contribution in [1.29, 1.82) is 0 Å². The van der Waals surface area contributed by atoms with Gasteiger partial charge in [-0.25, -0.2) is 13.2 Å². The summed E-state index contributed by atoms with van der Waals surface area (Å²) >= 11 is 5.49. The molecule has 0 unspecified atom stereocenters. The lowest BCUT2D eigenvalue weighted by Gasteiger charge is -2.11. The van der Waals surface area contributed by atoms with Gasteiger partial charge in [0.2, 0.25) is 10.0 Å². The topological polar surface area (TPSA) is 83.5 Å². The summed E-state index contributed by atoms with van der Waals surface area (Å²) in [6, 6.07) is 4.48. The Morgan fingerprint density at radius 2 is 2.05 bits per heavy atom. The van der Waals surface area contributed by atoms with E-state index in [-0.39, 0.29) is 11.3 Å². The molecule has 0 spiro atoms. The minimum absolute atomic E-state index is 0.0313. The predicted molar refractivity (Wildman–Crippen MR) is 75.5 cm³/mol. The van der Waals surface area contributed by atoms with E-state index in [0.29, 0.717) is 30.0 Å². The molecule has 5 nitrogen and oxygen atoms in total. The van der Waals surface area contributed by atoms with Crippen LogP contribution in [0.3, 0.4) is 0 Å². The van der Waals surface area contributed by atoms with Crippen LogP contribution in [0, 0.1) is 6.92 Å². The van der Waals surface area contributed by atoms with E-state index >= 15 is 0 Å². The summed E-state index contributed by atoms with van der Waals surface area (Å²) in [5.74, 6) is -0.694. The van der Waals surface area contributed by atoms with Crippen molar-refractivity contribution in [1.82, 2.24) is 0 Å². The lowest BCUT2D eigenvalue weighted by atomic mass is 10.1. The molecule has 0 aliphatic carbocycles. The molecule has 0 radical (unpaired) electrons. The number of anilines is 1. The fraction of sp³-hybridized carbons (Fsp3) is 0.417. The van der Waals surface area contributed by atoms with Gasteiger partial charge in [0.05, 0.1) is 17.0 Å². The van der Waals surface area contributed by atoms with Crippen LogP contribution in [0.25, 0.3) is 0 Å². The monoisotopic (exact) mass is 305 g/mol. The number of alkyl halides is 1. The fourth-order valence-corrected chi connectivity index (χ4v) is 3.01. The van der Waals surface area contributed by atoms with Crippen LogP contribution in [0.2, 0.25) is 0 Å². The van der Waals surface area contributed by atoms with E-state index in [1.807, 2.05) is 0 Å². The molecule has 0 heterocycles. The largest absolute Gasteiger partial charge is 0.478 e. The molecule has 19 heavy (non-hydrogen) atoms. The third-order valence-corrected chi connectivity index (χ3v) is 4.25. The van der Waals surface area contributed by atoms with Crippen molar-refractivity contribution in [2.24, 2.45) is 0 Å². The molecule has 1 rings (SSSR count). The van der Waals surface area contributed by atoms with E-state index in [4.69, 9.17) is 16.7 Å². The highest BCUT2D eigenvalue weighted by molar-refractivity contribution is 7.92. The van der Waals surface area contributed by atoms with Crippen LogP contribution in [0.4, 0.5) is 5.69 Å². The normalized spacial score (nSPS) is 11.3. The van der Waals surface area contributed by atoms with Gasteiger partial charge in [-0.3, -0.25) is 4.72 Å². The number of aromatic carboxylic acids is 1. The van der Waals surface area contributed by atoms with Gasteiger partial charge in [-0.15, -0.1) is 11.6 Å². The highest BCUT2D eigenvalue weighted by Gasteiger charge is 2.15. The number of carbonyl (C=O) groups is 1. The number of rotatable bonds is 7. The fourth-order valence-electron chi connectivity index (χ4n) is 1.58. The summed E-state index contributed by atoms with van der Waals surface area (Å²) in [5, 5.41) is 8.97. The van der Waals surface area contributed by atoms with Crippen molar-refractivity contribution in [2.45, 2.75) is 19.8 Å². The summed E-state index contributed by atoms with van der Waals surface area (Å²) in [7, 11) is -3.47. The zero-order chi connectivity index (χ0) is 14.5. The molecular weight excluding hydrogens is 290 g/mol. The van der Waals surface area contributed by atoms with Gasteiger partial charge >= 0.3 is 5.97 Å². The first kappa shape index (κ1) is 15.8. The van der Waals surface area contributed by atoms with Gasteiger partial charge in [-0.1, -0.05) is 6.07 Å². The van der Waals surface area contributed by atoms with Crippen molar-refractivity contribution in [2.75, 3.05) is 16.4 Å². The van der Waals surface area contributed by atoms with E-state index in [9.17, 15) is 13.2 Å². The number of hydrogen-bond donors (Lipinski definition) is 2. The second-order valence-corrected chi connectivity index (χ2v) is 6.32. The molecule has 0 aromatic heterocycles. The highest BCUT2D eigenvalue weighted by atomic mass is 35.5. The highest BCUT2D eigenvalue weighted by Crippen LogP contribution is 2.20. The molecule has 0 fully saturated rings. The standard InChI is InChI=1S/C12H16ClNO4S/c1-9-10(12(15)16)5-4-6-11(9)14-19(17,18)8-3-2-7-13/h4-6,14H,2-3,7-8H2,1H3,(H,15,16). The zero-order valence-electron chi connectivity index (χ0n) is 10.5. The molecular formula is C12H16ClNO4S. The van der Waals surface area contributed by atoms with Gasteiger partial charge in [0, 0.05) is 5.88 Å². The van der Waals surface area contributed by atoms with Crippen LogP contribution in [0.5, 0.6) is 0 Å². The third kappa shape index (κ3) is 4.72. The van der Waals surface area contributed by atoms with Gasteiger partial charge < -0.3 is 5.11 Å². The Morgan fingerprint density at radius 1 is 1.37 bits per heavy atom. The smallest absolute Gasteiger partial charge is 0.336 e. The Bertz CT molecular complexity index is 557. The maximum absolute atomic E-state index is 11.8. The Morgan fingerprint density at radius 3 is 2.63 bits per heavy atom. The number of hydrogen-bond acceptors (Lipinski definition) is 3. The van der Waals surface area contributed by atoms with E-state index < -0.39 is 16.0 Å². The van der Waals surface area contributed by atoms with Gasteiger partial charge in [0.1, 0.15) is 0 Å². The number of carboxylic acid groups (broad SMARTS) is 1. The van der Waals surface area contributed by atoms with E-state index in [2.05, 4.69) is 4.72 Å². The summed E-state index contributed by atoms with van der Waals surface area (Å²) in [6.07, 6.45) is 1.09. The van der Waals surface area contributed by atoms with Crippen LogP contribution in [-0.2, 0) is 10.0 Å². The minimum Gasteiger partial charge on any atom is -0.478 e. The Kier molecular flexibility index (Phi) is 5.62. The number of nitrogens with one attached hydrogen (secondary N) is 1. The van der Waals surface area contributed by atoms with Crippen molar-refractivity contribution >= 4 is 33.3 Å². The molecule has 106 valence electrons. The molecule has 1 aromatic carbocycles. The van der Waals surface area contributed by atoms with Gasteiger partial charge in [-0.05, 0) is 37.5 Å². The first-order valence-corrected chi connectivity index (χ1v) is 7.95. The number of halogens is 1. The first-order valence-electron chi connectivity index (χ1n) is 5.77.